The maximum absolute atomic E-state index is 13.0. The van der Waals surface area contributed by atoms with Crippen molar-refractivity contribution in [3.05, 3.63) is 77.9 Å². The first kappa shape index (κ1) is 18.8. The van der Waals surface area contributed by atoms with Gasteiger partial charge in [-0.2, -0.15) is 13.2 Å². The monoisotopic (exact) mass is 384 g/mol. The van der Waals surface area contributed by atoms with Crippen LogP contribution in [0.3, 0.4) is 0 Å². The van der Waals surface area contributed by atoms with Crippen LogP contribution in [0.4, 0.5) is 18.9 Å². The van der Waals surface area contributed by atoms with Gasteiger partial charge in [0.1, 0.15) is 0 Å². The van der Waals surface area contributed by atoms with Gasteiger partial charge in [0, 0.05) is 30.9 Å². The zero-order valence-electron chi connectivity index (χ0n) is 15.7. The Kier molecular flexibility index (Phi) is 5.02. The van der Waals surface area contributed by atoms with E-state index in [0.29, 0.717) is 12.2 Å². The van der Waals surface area contributed by atoms with E-state index in [1.807, 2.05) is 17.0 Å². The zero-order chi connectivity index (χ0) is 19.7. The number of hydrogen-bond donors (Lipinski definition) is 1. The number of fused-ring (bicyclic) bond motifs is 1. The summed E-state index contributed by atoms with van der Waals surface area (Å²) in [7, 11) is 0. The summed E-state index contributed by atoms with van der Waals surface area (Å²) in [5, 5.41) is 6.12. The van der Waals surface area contributed by atoms with E-state index in [0.717, 1.165) is 19.0 Å². The fourth-order valence-corrected chi connectivity index (χ4v) is 4.08. The number of nitrogens with zero attached hydrogens (tertiary/aromatic N) is 1. The highest BCUT2D eigenvalue weighted by Crippen LogP contribution is 2.33. The molecule has 1 saturated heterocycles. The summed E-state index contributed by atoms with van der Waals surface area (Å²) in [6, 6.07) is 20.6. The molecule has 0 radical (unpaired) electrons. The molecule has 3 aromatic rings. The summed E-state index contributed by atoms with van der Waals surface area (Å²) < 4.78 is 39.0. The summed E-state index contributed by atoms with van der Waals surface area (Å²) >= 11 is 0. The third-order valence-electron chi connectivity index (χ3n) is 5.50. The highest BCUT2D eigenvalue weighted by Gasteiger charge is 2.32. The molecule has 4 rings (SSSR count). The molecule has 0 amide bonds. The Morgan fingerprint density at radius 1 is 1.00 bits per heavy atom. The Labute approximate surface area is 163 Å². The Balaban J connectivity index is 1.46. The van der Waals surface area contributed by atoms with Gasteiger partial charge < -0.3 is 10.2 Å². The lowest BCUT2D eigenvalue weighted by Gasteiger charge is -2.23. The lowest BCUT2D eigenvalue weighted by atomic mass is 9.99. The van der Waals surface area contributed by atoms with Crippen molar-refractivity contribution in [2.75, 3.05) is 18.0 Å². The van der Waals surface area contributed by atoms with Crippen LogP contribution in [0, 0.1) is 0 Å². The normalized spacial score (nSPS) is 18.6. The molecule has 0 bridgehead atoms. The average molecular weight is 384 g/mol. The summed E-state index contributed by atoms with van der Waals surface area (Å²) in [6.45, 7) is 3.60. The van der Waals surface area contributed by atoms with Gasteiger partial charge in [0.15, 0.2) is 0 Å². The number of nitrogens with one attached hydrogen (secondary N) is 1. The van der Waals surface area contributed by atoms with E-state index in [1.54, 1.807) is 6.07 Å². The van der Waals surface area contributed by atoms with Crippen molar-refractivity contribution in [2.45, 2.75) is 31.6 Å². The fourth-order valence-electron chi connectivity index (χ4n) is 4.08. The molecule has 1 aliphatic heterocycles. The maximum Gasteiger partial charge on any atom is 0.416 e. The second-order valence-electron chi connectivity index (χ2n) is 7.44. The smallest absolute Gasteiger partial charge is 0.370 e. The average Bonchev–Trinajstić information content (AvgIpc) is 3.15. The van der Waals surface area contributed by atoms with Crippen molar-refractivity contribution in [3.8, 4) is 0 Å². The lowest BCUT2D eigenvalue weighted by Crippen LogP contribution is -2.34. The molecule has 146 valence electrons. The van der Waals surface area contributed by atoms with E-state index >= 15 is 0 Å². The highest BCUT2D eigenvalue weighted by atomic mass is 19.4. The van der Waals surface area contributed by atoms with Crippen LogP contribution in [-0.2, 0) is 6.18 Å². The van der Waals surface area contributed by atoms with Crippen molar-refractivity contribution >= 4 is 16.5 Å². The molecule has 1 aliphatic rings. The SMILES string of the molecule is C[C@@H](N[C@H]1CCN(c2cccc(C(F)(F)F)c2)C1)c1cccc2ccccc12. The molecule has 1 N–H and O–H groups in total. The minimum atomic E-state index is -4.31. The molecule has 0 aromatic heterocycles. The third kappa shape index (κ3) is 3.85. The summed E-state index contributed by atoms with van der Waals surface area (Å²) in [4.78, 5) is 2.03. The van der Waals surface area contributed by atoms with Gasteiger partial charge in [0.25, 0.3) is 0 Å². The quantitative estimate of drug-likeness (QED) is 0.613. The highest BCUT2D eigenvalue weighted by molar-refractivity contribution is 5.86. The Morgan fingerprint density at radius 2 is 1.75 bits per heavy atom. The first-order chi connectivity index (χ1) is 13.4. The van der Waals surface area contributed by atoms with Crippen molar-refractivity contribution in [1.29, 1.82) is 0 Å². The van der Waals surface area contributed by atoms with Crippen LogP contribution in [0.5, 0.6) is 0 Å². The number of hydrogen-bond acceptors (Lipinski definition) is 2. The number of rotatable bonds is 4. The van der Waals surface area contributed by atoms with Crippen LogP contribution in [0.15, 0.2) is 66.7 Å². The largest absolute Gasteiger partial charge is 0.416 e. The number of anilines is 1. The van der Waals surface area contributed by atoms with E-state index in [-0.39, 0.29) is 12.1 Å². The van der Waals surface area contributed by atoms with Gasteiger partial charge in [0.05, 0.1) is 5.56 Å². The van der Waals surface area contributed by atoms with Gasteiger partial charge in [-0.25, -0.2) is 0 Å². The molecule has 3 aromatic carbocycles. The van der Waals surface area contributed by atoms with Gasteiger partial charge >= 0.3 is 6.18 Å². The van der Waals surface area contributed by atoms with Crippen LogP contribution >= 0.6 is 0 Å². The van der Waals surface area contributed by atoms with Crippen LogP contribution in [0.2, 0.25) is 0 Å². The minimum Gasteiger partial charge on any atom is -0.370 e. The molecular weight excluding hydrogens is 361 g/mol. The van der Waals surface area contributed by atoms with Crippen LogP contribution in [0.25, 0.3) is 10.8 Å². The number of alkyl halides is 3. The molecule has 28 heavy (non-hydrogen) atoms. The van der Waals surface area contributed by atoms with Crippen LogP contribution in [0.1, 0.15) is 30.5 Å². The zero-order valence-corrected chi connectivity index (χ0v) is 15.7. The maximum atomic E-state index is 13.0. The van der Waals surface area contributed by atoms with Crippen LogP contribution in [-0.4, -0.2) is 19.1 Å². The second kappa shape index (κ2) is 7.47. The number of halogens is 3. The van der Waals surface area contributed by atoms with E-state index < -0.39 is 11.7 Å². The molecule has 0 aliphatic carbocycles. The van der Waals surface area contributed by atoms with Gasteiger partial charge in [-0.3, -0.25) is 0 Å². The molecule has 1 fully saturated rings. The minimum absolute atomic E-state index is 0.164. The van der Waals surface area contributed by atoms with E-state index in [2.05, 4.69) is 42.6 Å². The van der Waals surface area contributed by atoms with Crippen molar-refractivity contribution < 1.29 is 13.2 Å². The first-order valence-corrected chi connectivity index (χ1v) is 9.58. The Hall–Kier alpha value is -2.53. The second-order valence-corrected chi connectivity index (χ2v) is 7.44. The summed E-state index contributed by atoms with van der Waals surface area (Å²) in [6.07, 6.45) is -3.40. The van der Waals surface area contributed by atoms with Crippen molar-refractivity contribution in [2.24, 2.45) is 0 Å². The molecule has 0 saturated carbocycles. The van der Waals surface area contributed by atoms with Gasteiger partial charge in [0.2, 0.25) is 0 Å². The predicted molar refractivity (Wildman–Crippen MR) is 108 cm³/mol. The van der Waals surface area contributed by atoms with Crippen molar-refractivity contribution in [3.63, 3.8) is 0 Å². The van der Waals surface area contributed by atoms with Crippen LogP contribution < -0.4 is 10.2 Å². The lowest BCUT2D eigenvalue weighted by molar-refractivity contribution is -0.137. The fraction of sp³-hybridized carbons (Fsp3) is 0.304. The molecule has 2 atom stereocenters. The van der Waals surface area contributed by atoms with Gasteiger partial charge in [-0.1, -0.05) is 48.5 Å². The Bertz CT molecular complexity index is 962. The first-order valence-electron chi connectivity index (χ1n) is 9.58. The molecular formula is C23H23F3N2. The third-order valence-corrected chi connectivity index (χ3v) is 5.50. The topological polar surface area (TPSA) is 15.3 Å². The van der Waals surface area contributed by atoms with Gasteiger partial charge in [-0.15, -0.1) is 0 Å². The summed E-state index contributed by atoms with van der Waals surface area (Å²) in [5.74, 6) is 0. The molecule has 0 unspecified atom stereocenters. The number of benzene rings is 3. The Morgan fingerprint density at radius 3 is 2.57 bits per heavy atom. The summed E-state index contributed by atoms with van der Waals surface area (Å²) in [5.41, 5.74) is 1.29. The van der Waals surface area contributed by atoms with E-state index in [1.165, 1.54) is 28.5 Å². The standard InChI is InChI=1S/C23H23F3N2/c1-16(21-11-4-7-17-6-2-3-10-22(17)21)27-19-12-13-28(15-19)20-9-5-8-18(14-20)23(24,25)26/h2-11,14,16,19,27H,12-13,15H2,1H3/t16-,19+/m1/s1. The van der Waals surface area contributed by atoms with Gasteiger partial charge in [-0.05, 0) is 47.9 Å². The van der Waals surface area contributed by atoms with E-state index in [9.17, 15) is 13.2 Å². The molecule has 5 heteroatoms. The molecule has 1 heterocycles. The predicted octanol–water partition coefficient (Wildman–Crippen LogP) is 5.79. The molecule has 2 nitrogen and oxygen atoms in total. The molecule has 0 spiro atoms. The van der Waals surface area contributed by atoms with Crippen molar-refractivity contribution in [1.82, 2.24) is 5.32 Å². The van der Waals surface area contributed by atoms with E-state index in [4.69, 9.17) is 0 Å².